The van der Waals surface area contributed by atoms with Gasteiger partial charge >= 0.3 is 5.30 Å². The number of carbonyl (C=O) groups is 2. The quantitative estimate of drug-likeness (QED) is 0.597. The van der Waals surface area contributed by atoms with E-state index in [0.29, 0.717) is 12.2 Å². The van der Waals surface area contributed by atoms with E-state index in [9.17, 15) is 9.59 Å². The van der Waals surface area contributed by atoms with E-state index in [1.54, 1.807) is 18.4 Å². The predicted molar refractivity (Wildman–Crippen MR) is 89.6 cm³/mol. The van der Waals surface area contributed by atoms with E-state index < -0.39 is 0 Å². The van der Waals surface area contributed by atoms with Crippen molar-refractivity contribution in [3.8, 4) is 5.75 Å². The Morgan fingerprint density at radius 2 is 1.68 bits per heavy atom. The summed E-state index contributed by atoms with van der Waals surface area (Å²) in [4.78, 5) is 23.5. The Balaban J connectivity index is 1.98. The van der Waals surface area contributed by atoms with Crippen molar-refractivity contribution in [2.75, 3.05) is 6.26 Å². The molecule has 0 bridgehead atoms. The minimum Gasteiger partial charge on any atom is -0.418 e. The van der Waals surface area contributed by atoms with Crippen molar-refractivity contribution < 1.29 is 14.3 Å². The second-order valence-electron chi connectivity index (χ2n) is 5.04. The lowest BCUT2D eigenvalue weighted by Crippen LogP contribution is -2.13. The molecule has 2 aromatic carbocycles. The van der Waals surface area contributed by atoms with E-state index in [0.717, 1.165) is 22.9 Å². The molecule has 0 amide bonds. The molecule has 0 aromatic heterocycles. The largest absolute Gasteiger partial charge is 0.418 e. The van der Waals surface area contributed by atoms with E-state index in [1.165, 1.54) is 0 Å². The molecular formula is C18H18O3S. The molecule has 0 saturated heterocycles. The molecular weight excluding hydrogens is 296 g/mol. The van der Waals surface area contributed by atoms with Crippen LogP contribution in [-0.4, -0.2) is 17.3 Å². The van der Waals surface area contributed by atoms with Gasteiger partial charge in [0.05, 0.1) is 0 Å². The number of ketones is 1. The van der Waals surface area contributed by atoms with Gasteiger partial charge in [0.1, 0.15) is 5.75 Å². The van der Waals surface area contributed by atoms with Crippen molar-refractivity contribution in [3.05, 3.63) is 65.7 Å². The molecule has 0 radical (unpaired) electrons. The Morgan fingerprint density at radius 3 is 2.27 bits per heavy atom. The maximum atomic E-state index is 12.3. The van der Waals surface area contributed by atoms with Crippen LogP contribution in [0.15, 0.2) is 54.6 Å². The molecule has 0 aliphatic carbocycles. The van der Waals surface area contributed by atoms with Gasteiger partial charge in [0, 0.05) is 11.5 Å². The first-order valence-corrected chi connectivity index (χ1v) is 8.26. The van der Waals surface area contributed by atoms with E-state index >= 15 is 0 Å². The third-order valence-corrected chi connectivity index (χ3v) is 3.76. The fraction of sp³-hybridized carbons (Fsp3) is 0.222. The summed E-state index contributed by atoms with van der Waals surface area (Å²) in [6, 6.07) is 16.6. The maximum Gasteiger partial charge on any atom is 0.372 e. The van der Waals surface area contributed by atoms with Crippen molar-refractivity contribution in [2.24, 2.45) is 5.92 Å². The van der Waals surface area contributed by atoms with Crippen molar-refractivity contribution >= 4 is 22.8 Å². The Bertz CT molecular complexity index is 635. The molecule has 1 unspecified atom stereocenters. The number of hydrogen-bond acceptors (Lipinski definition) is 4. The van der Waals surface area contributed by atoms with E-state index in [-0.39, 0.29) is 17.0 Å². The number of carbonyl (C=O) groups excluding carboxylic acids is 2. The minimum absolute atomic E-state index is 0.0954. The van der Waals surface area contributed by atoms with Crippen LogP contribution in [0.5, 0.6) is 5.75 Å². The Hall–Kier alpha value is -2.07. The number of thioether (sulfide) groups is 1. The molecule has 0 saturated carbocycles. The van der Waals surface area contributed by atoms with Gasteiger partial charge in [0.15, 0.2) is 5.78 Å². The molecule has 0 heterocycles. The summed E-state index contributed by atoms with van der Waals surface area (Å²) in [5.41, 5.74) is 1.78. The van der Waals surface area contributed by atoms with Crippen LogP contribution < -0.4 is 4.74 Å². The zero-order valence-electron chi connectivity index (χ0n) is 12.6. The highest BCUT2D eigenvalue weighted by atomic mass is 32.2. The lowest BCUT2D eigenvalue weighted by atomic mass is 9.93. The third-order valence-electron chi connectivity index (χ3n) is 3.34. The van der Waals surface area contributed by atoms with Gasteiger partial charge in [0.2, 0.25) is 0 Å². The van der Waals surface area contributed by atoms with Crippen LogP contribution in [0.1, 0.15) is 22.8 Å². The summed E-state index contributed by atoms with van der Waals surface area (Å²) in [6.07, 6.45) is 2.33. The summed E-state index contributed by atoms with van der Waals surface area (Å²) in [7, 11) is 0. The highest BCUT2D eigenvalue weighted by molar-refractivity contribution is 8.12. The van der Waals surface area contributed by atoms with Crippen molar-refractivity contribution in [2.45, 2.75) is 13.3 Å². The standard InChI is InChI=1S/C18H18O3S/c1-13(17(19)15-6-4-3-5-7-15)12-14-8-10-16(11-9-14)21-18(20)22-2/h3-11,13H,12H2,1-2H3. The molecule has 2 rings (SSSR count). The van der Waals surface area contributed by atoms with Crippen LogP contribution in [0.2, 0.25) is 0 Å². The number of Topliss-reactive ketones (excluding diaryl/α,β-unsaturated/α-hetero) is 1. The van der Waals surface area contributed by atoms with Crippen LogP contribution >= 0.6 is 11.8 Å². The molecule has 0 spiro atoms. The fourth-order valence-electron chi connectivity index (χ4n) is 2.16. The van der Waals surface area contributed by atoms with E-state index in [4.69, 9.17) is 4.74 Å². The maximum absolute atomic E-state index is 12.3. The van der Waals surface area contributed by atoms with E-state index in [1.807, 2.05) is 49.4 Å². The third kappa shape index (κ3) is 4.46. The molecule has 4 heteroatoms. The van der Waals surface area contributed by atoms with Crippen LogP contribution in [0.25, 0.3) is 0 Å². The molecule has 1 atom stereocenters. The minimum atomic E-state index is -0.333. The molecule has 0 fully saturated rings. The van der Waals surface area contributed by atoms with Gasteiger partial charge in [-0.1, -0.05) is 49.4 Å². The van der Waals surface area contributed by atoms with Gasteiger partial charge in [0.25, 0.3) is 0 Å². The van der Waals surface area contributed by atoms with Crippen molar-refractivity contribution in [1.82, 2.24) is 0 Å². The van der Waals surface area contributed by atoms with Gasteiger partial charge in [-0.05, 0) is 42.1 Å². The van der Waals surface area contributed by atoms with Crippen LogP contribution in [0.3, 0.4) is 0 Å². The monoisotopic (exact) mass is 314 g/mol. The number of rotatable bonds is 5. The SMILES string of the molecule is CSC(=O)Oc1ccc(CC(C)C(=O)c2ccccc2)cc1. The molecule has 0 aliphatic rings. The number of benzene rings is 2. The van der Waals surface area contributed by atoms with Crippen LogP contribution in [0, 0.1) is 5.92 Å². The highest BCUT2D eigenvalue weighted by Crippen LogP contribution is 2.19. The number of ether oxygens (including phenoxy) is 1. The van der Waals surface area contributed by atoms with Crippen molar-refractivity contribution in [1.29, 1.82) is 0 Å². The molecule has 2 aromatic rings. The van der Waals surface area contributed by atoms with Gasteiger partial charge in [-0.3, -0.25) is 4.79 Å². The summed E-state index contributed by atoms with van der Waals surface area (Å²) in [6.45, 7) is 1.93. The molecule has 114 valence electrons. The number of hydrogen-bond donors (Lipinski definition) is 0. The molecule has 0 N–H and O–H groups in total. The topological polar surface area (TPSA) is 43.4 Å². The van der Waals surface area contributed by atoms with Crippen molar-refractivity contribution in [3.63, 3.8) is 0 Å². The molecule has 22 heavy (non-hydrogen) atoms. The molecule has 0 aliphatic heterocycles. The summed E-state index contributed by atoms with van der Waals surface area (Å²) in [5.74, 6) is 0.561. The van der Waals surface area contributed by atoms with Crippen LogP contribution in [-0.2, 0) is 6.42 Å². The Morgan fingerprint density at radius 1 is 1.05 bits per heavy atom. The second kappa shape index (κ2) is 7.80. The zero-order valence-corrected chi connectivity index (χ0v) is 13.4. The first-order valence-electron chi connectivity index (χ1n) is 7.04. The zero-order chi connectivity index (χ0) is 15.9. The first-order chi connectivity index (χ1) is 10.6. The van der Waals surface area contributed by atoms with Crippen LogP contribution in [0.4, 0.5) is 4.79 Å². The highest BCUT2D eigenvalue weighted by Gasteiger charge is 2.15. The second-order valence-corrected chi connectivity index (χ2v) is 5.78. The smallest absolute Gasteiger partial charge is 0.372 e. The first kappa shape index (κ1) is 16.3. The van der Waals surface area contributed by atoms with Gasteiger partial charge < -0.3 is 4.74 Å². The Kier molecular flexibility index (Phi) is 5.78. The van der Waals surface area contributed by atoms with Gasteiger partial charge in [-0.2, -0.15) is 0 Å². The normalized spacial score (nSPS) is 11.7. The lowest BCUT2D eigenvalue weighted by Gasteiger charge is -2.11. The lowest BCUT2D eigenvalue weighted by molar-refractivity contribution is 0.0929. The summed E-state index contributed by atoms with van der Waals surface area (Å²) < 4.78 is 5.10. The average Bonchev–Trinajstić information content (AvgIpc) is 2.56. The average molecular weight is 314 g/mol. The predicted octanol–water partition coefficient (Wildman–Crippen LogP) is 4.61. The van der Waals surface area contributed by atoms with Gasteiger partial charge in [-0.25, -0.2) is 4.79 Å². The molecule has 3 nitrogen and oxygen atoms in total. The summed E-state index contributed by atoms with van der Waals surface area (Å²) >= 11 is 1.03. The van der Waals surface area contributed by atoms with E-state index in [2.05, 4.69) is 0 Å². The summed E-state index contributed by atoms with van der Waals surface area (Å²) in [5, 5.41) is -0.333. The Labute approximate surface area is 134 Å². The van der Waals surface area contributed by atoms with Gasteiger partial charge in [-0.15, -0.1) is 0 Å². The fourth-order valence-corrected chi connectivity index (χ4v) is 2.34.